The van der Waals surface area contributed by atoms with Crippen molar-refractivity contribution in [3.63, 3.8) is 0 Å². The Morgan fingerprint density at radius 1 is 1.18 bits per heavy atom. The predicted molar refractivity (Wildman–Crippen MR) is 67.7 cm³/mol. The van der Waals surface area contributed by atoms with E-state index in [1.165, 1.54) is 20.8 Å². The molecule has 0 aromatic heterocycles. The Morgan fingerprint density at radius 3 is 1.76 bits per heavy atom. The molecule has 0 amide bonds. The molecule has 0 heterocycles. The molecule has 7 N–H and O–H groups in total. The summed E-state index contributed by atoms with van der Waals surface area (Å²) in [6.45, 7) is 8.16. The normalized spacial score (nSPS) is 19.9. The molecule has 3 unspecified atom stereocenters. The first kappa shape index (κ1) is 16.0. The molecule has 0 aliphatic heterocycles. The summed E-state index contributed by atoms with van der Waals surface area (Å²) in [5.41, 5.74) is 10.3. The van der Waals surface area contributed by atoms with E-state index in [1.807, 2.05) is 0 Å². The van der Waals surface area contributed by atoms with Crippen LogP contribution in [0.3, 0.4) is 0 Å². The highest BCUT2D eigenvalue weighted by molar-refractivity contribution is 5.26. The number of aliphatic hydroxyl groups excluding tert-OH is 3. The van der Waals surface area contributed by atoms with Crippen LogP contribution >= 0.6 is 0 Å². The van der Waals surface area contributed by atoms with Crippen molar-refractivity contribution in [2.45, 2.75) is 45.5 Å². The number of aliphatic hydroxyl groups is 3. The van der Waals surface area contributed by atoms with Gasteiger partial charge in [0.25, 0.3) is 0 Å². The summed E-state index contributed by atoms with van der Waals surface area (Å²) < 4.78 is 0. The maximum atomic E-state index is 9.97. The number of rotatable bonds is 6. The highest BCUT2D eigenvalue weighted by atomic mass is 16.3. The van der Waals surface area contributed by atoms with Gasteiger partial charge in [0.15, 0.2) is 0 Å². The van der Waals surface area contributed by atoms with Crippen molar-refractivity contribution < 1.29 is 15.3 Å². The van der Waals surface area contributed by atoms with Gasteiger partial charge in [0.1, 0.15) is 0 Å². The summed E-state index contributed by atoms with van der Waals surface area (Å²) in [6.07, 6.45) is -0.978. The van der Waals surface area contributed by atoms with Crippen molar-refractivity contribution in [3.05, 3.63) is 24.0 Å². The average Bonchev–Trinajstić information content (AvgIpc) is 2.14. The number of hydrogen-bond acceptors (Lipinski definition) is 5. The van der Waals surface area contributed by atoms with Gasteiger partial charge in [-0.25, -0.2) is 0 Å². The lowest BCUT2D eigenvalue weighted by Crippen LogP contribution is -2.48. The molecule has 0 bridgehead atoms. The molecule has 3 atom stereocenters. The molecule has 0 aliphatic rings. The third-order valence-corrected chi connectivity index (χ3v) is 3.20. The van der Waals surface area contributed by atoms with Gasteiger partial charge in [-0.3, -0.25) is 0 Å². The minimum atomic E-state index is -1.12. The van der Waals surface area contributed by atoms with Crippen molar-refractivity contribution in [1.29, 1.82) is 0 Å². The Bertz CT molecular complexity index is 284. The Balaban J connectivity index is 5.89. The number of allylic oxidation sites excluding steroid dienone is 1. The van der Waals surface area contributed by atoms with Crippen molar-refractivity contribution >= 4 is 0 Å². The minimum Gasteiger partial charge on any atom is -0.392 e. The van der Waals surface area contributed by atoms with Gasteiger partial charge in [0.2, 0.25) is 0 Å². The SMILES string of the molecule is C=CCC(C(=C(N)N)C(C)O)(C(C)O)C(C)O. The fraction of sp³-hybridized carbons (Fsp3) is 0.667. The standard InChI is InChI=1S/C12H24N2O3/c1-5-6-12(8(3)16,9(4)17)10(7(2)15)11(13)14/h5,7-9,15-17H,1,6,13-14H2,2-4H3. The van der Waals surface area contributed by atoms with Crippen molar-refractivity contribution in [3.8, 4) is 0 Å². The average molecular weight is 244 g/mol. The van der Waals surface area contributed by atoms with Crippen LogP contribution in [0.2, 0.25) is 0 Å². The smallest absolute Gasteiger partial charge is 0.0959 e. The minimum absolute atomic E-state index is 0.0800. The largest absolute Gasteiger partial charge is 0.392 e. The van der Waals surface area contributed by atoms with Crippen LogP contribution in [0.15, 0.2) is 24.0 Å². The molecule has 5 nitrogen and oxygen atoms in total. The molecule has 0 aromatic carbocycles. The molecule has 5 heteroatoms. The van der Waals surface area contributed by atoms with Gasteiger partial charge in [0.05, 0.1) is 29.5 Å². The molecule has 17 heavy (non-hydrogen) atoms. The van der Waals surface area contributed by atoms with Crippen LogP contribution in [-0.2, 0) is 0 Å². The third kappa shape index (κ3) is 3.00. The maximum absolute atomic E-state index is 9.97. The van der Waals surface area contributed by atoms with Crippen LogP contribution in [0.25, 0.3) is 0 Å². The van der Waals surface area contributed by atoms with Gasteiger partial charge in [-0.1, -0.05) is 6.08 Å². The topological polar surface area (TPSA) is 113 Å². The van der Waals surface area contributed by atoms with E-state index in [2.05, 4.69) is 6.58 Å². The lowest BCUT2D eigenvalue weighted by Gasteiger charge is -2.42. The van der Waals surface area contributed by atoms with Crippen LogP contribution in [0.4, 0.5) is 0 Å². The summed E-state index contributed by atoms with van der Waals surface area (Å²) >= 11 is 0. The fourth-order valence-electron chi connectivity index (χ4n) is 2.39. The summed E-state index contributed by atoms with van der Waals surface area (Å²) in [6, 6.07) is 0. The Labute approximate surface area is 102 Å². The molecule has 0 aromatic rings. The molecule has 100 valence electrons. The third-order valence-electron chi connectivity index (χ3n) is 3.20. The van der Waals surface area contributed by atoms with Gasteiger partial charge >= 0.3 is 0 Å². The van der Waals surface area contributed by atoms with E-state index in [9.17, 15) is 15.3 Å². The quantitative estimate of drug-likeness (QED) is 0.416. The molecule has 0 fully saturated rings. The van der Waals surface area contributed by atoms with Crippen LogP contribution in [0, 0.1) is 5.41 Å². The lowest BCUT2D eigenvalue weighted by molar-refractivity contribution is -0.0395. The second-order valence-corrected chi connectivity index (χ2v) is 4.43. The molecule has 0 rings (SSSR count). The first-order valence-corrected chi connectivity index (χ1v) is 5.62. The Hall–Kier alpha value is -1.04. The zero-order valence-electron chi connectivity index (χ0n) is 10.7. The monoisotopic (exact) mass is 244 g/mol. The summed E-state index contributed by atoms with van der Waals surface area (Å²) in [5, 5.41) is 29.7. The zero-order chi connectivity index (χ0) is 13.8. The second kappa shape index (κ2) is 6.05. The first-order chi connectivity index (χ1) is 7.71. The zero-order valence-corrected chi connectivity index (χ0v) is 10.7. The van der Waals surface area contributed by atoms with Crippen molar-refractivity contribution in [2.75, 3.05) is 0 Å². The Kier molecular flexibility index (Phi) is 5.68. The van der Waals surface area contributed by atoms with Gasteiger partial charge in [-0.05, 0) is 27.2 Å². The van der Waals surface area contributed by atoms with Crippen LogP contribution in [-0.4, -0.2) is 33.6 Å². The van der Waals surface area contributed by atoms with Gasteiger partial charge in [-0.2, -0.15) is 0 Å². The van der Waals surface area contributed by atoms with Gasteiger partial charge < -0.3 is 26.8 Å². The summed E-state index contributed by atoms with van der Waals surface area (Å²) in [4.78, 5) is 0. The van der Waals surface area contributed by atoms with Gasteiger partial charge in [-0.15, -0.1) is 6.58 Å². The van der Waals surface area contributed by atoms with E-state index in [0.717, 1.165) is 0 Å². The highest BCUT2D eigenvalue weighted by Gasteiger charge is 2.45. The van der Waals surface area contributed by atoms with E-state index in [0.29, 0.717) is 0 Å². The molecule has 0 spiro atoms. The maximum Gasteiger partial charge on any atom is 0.0959 e. The Morgan fingerprint density at radius 2 is 1.59 bits per heavy atom. The molecule has 0 saturated carbocycles. The molecular formula is C12H24N2O3. The number of hydrogen-bond donors (Lipinski definition) is 5. The summed E-state index contributed by atoms with van der Waals surface area (Å²) in [7, 11) is 0. The van der Waals surface area contributed by atoms with Crippen LogP contribution in [0.1, 0.15) is 27.2 Å². The van der Waals surface area contributed by atoms with Crippen molar-refractivity contribution in [1.82, 2.24) is 0 Å². The van der Waals surface area contributed by atoms with E-state index < -0.39 is 23.7 Å². The van der Waals surface area contributed by atoms with E-state index >= 15 is 0 Å². The highest BCUT2D eigenvalue weighted by Crippen LogP contribution is 2.41. The molecule has 0 saturated heterocycles. The summed E-state index contributed by atoms with van der Waals surface area (Å²) in [5.74, 6) is -0.0800. The van der Waals surface area contributed by atoms with Crippen LogP contribution in [0.5, 0.6) is 0 Å². The second-order valence-electron chi connectivity index (χ2n) is 4.43. The fourth-order valence-corrected chi connectivity index (χ4v) is 2.39. The van der Waals surface area contributed by atoms with E-state index in [-0.39, 0.29) is 17.8 Å². The van der Waals surface area contributed by atoms with E-state index in [1.54, 1.807) is 6.08 Å². The van der Waals surface area contributed by atoms with Crippen molar-refractivity contribution in [2.24, 2.45) is 16.9 Å². The van der Waals surface area contributed by atoms with Gasteiger partial charge in [0, 0.05) is 5.57 Å². The van der Waals surface area contributed by atoms with E-state index in [4.69, 9.17) is 11.5 Å². The first-order valence-electron chi connectivity index (χ1n) is 5.62. The van der Waals surface area contributed by atoms with Crippen LogP contribution < -0.4 is 11.5 Å². The lowest BCUT2D eigenvalue weighted by atomic mass is 9.67. The predicted octanol–water partition coefficient (Wildman–Crippen LogP) is -0.180. The molecular weight excluding hydrogens is 220 g/mol. The number of nitrogens with two attached hydrogens (primary N) is 2. The molecule has 0 radical (unpaired) electrons. The molecule has 0 aliphatic carbocycles.